The van der Waals surface area contributed by atoms with E-state index in [-0.39, 0.29) is 6.32 Å². The van der Waals surface area contributed by atoms with E-state index in [9.17, 15) is 4.79 Å². The molecule has 3 nitrogen and oxygen atoms in total. The Kier molecular flexibility index (Phi) is 3.03. The van der Waals surface area contributed by atoms with Crippen molar-refractivity contribution < 1.29 is 4.79 Å². The van der Waals surface area contributed by atoms with E-state index in [0.717, 1.165) is 6.29 Å². The molecule has 1 rings (SSSR count). The number of carbonyl (C=O) groups excluding carboxylic acids is 1. The van der Waals surface area contributed by atoms with Gasteiger partial charge in [0.1, 0.15) is 6.29 Å². The second-order valence-corrected chi connectivity index (χ2v) is 2.34. The van der Waals surface area contributed by atoms with Crippen molar-refractivity contribution in [3.63, 3.8) is 0 Å². The van der Waals surface area contributed by atoms with E-state index in [1.807, 2.05) is 5.97 Å². The van der Waals surface area contributed by atoms with Crippen molar-refractivity contribution in [1.29, 1.82) is 5.26 Å². The van der Waals surface area contributed by atoms with Crippen LogP contribution >= 0.6 is 0 Å². The highest BCUT2D eigenvalue weighted by atomic mass is 16.1. The molecule has 0 radical (unpaired) electrons. The molecule has 1 aromatic rings. The van der Waals surface area contributed by atoms with Gasteiger partial charge in [0.2, 0.25) is 0 Å². The van der Waals surface area contributed by atoms with Gasteiger partial charge in [0, 0.05) is 24.1 Å². The number of aromatic nitrogens is 1. The van der Waals surface area contributed by atoms with Gasteiger partial charge in [0.15, 0.2) is 0 Å². The van der Waals surface area contributed by atoms with Crippen molar-refractivity contribution in [2.75, 3.05) is 0 Å². The number of pyridine rings is 1. The fourth-order valence-electron chi connectivity index (χ4n) is 0.918. The third-order valence-electron chi connectivity index (χ3n) is 1.53. The Hall–Kier alpha value is -1.63. The first-order valence-electron chi connectivity index (χ1n) is 3.62. The van der Waals surface area contributed by atoms with Crippen molar-refractivity contribution in [3.05, 3.63) is 24.4 Å². The number of rotatable bonds is 3. The van der Waals surface area contributed by atoms with Gasteiger partial charge in [-0.1, -0.05) is 6.07 Å². The van der Waals surface area contributed by atoms with Gasteiger partial charge in [-0.25, -0.2) is 5.26 Å². The maximum atomic E-state index is 10.2. The molecule has 4 heteroatoms. The van der Waals surface area contributed by atoms with Crippen LogP contribution in [-0.4, -0.2) is 18.0 Å². The summed E-state index contributed by atoms with van der Waals surface area (Å²) in [7, 11) is 0. The normalized spacial score (nSPS) is 8.58. The standard InChI is InChI=1S/C8H7BN2O/c10-7-9(4-6-12)8-3-1-2-5-11-8/h1-3,5-6H,4H2. The van der Waals surface area contributed by atoms with E-state index in [1.165, 1.54) is 0 Å². The van der Waals surface area contributed by atoms with E-state index in [2.05, 4.69) is 4.98 Å². The zero-order valence-corrected chi connectivity index (χ0v) is 6.47. The minimum atomic E-state index is -0.399. The zero-order chi connectivity index (χ0) is 8.81. The molecule has 0 aliphatic rings. The van der Waals surface area contributed by atoms with Gasteiger partial charge in [0.25, 0.3) is 0 Å². The number of nitrogens with zero attached hydrogens (tertiary/aromatic N) is 2. The summed E-state index contributed by atoms with van der Waals surface area (Å²) in [4.78, 5) is 14.2. The summed E-state index contributed by atoms with van der Waals surface area (Å²) in [5.41, 5.74) is 0.659. The fourth-order valence-corrected chi connectivity index (χ4v) is 0.918. The largest absolute Gasteiger partial charge is 0.328 e. The van der Waals surface area contributed by atoms with Gasteiger partial charge in [-0.15, -0.1) is 0 Å². The quantitative estimate of drug-likeness (QED) is 0.461. The zero-order valence-electron chi connectivity index (χ0n) is 6.47. The number of hydrogen-bond donors (Lipinski definition) is 0. The Bertz CT molecular complexity index is 294. The molecule has 0 aromatic carbocycles. The lowest BCUT2D eigenvalue weighted by atomic mass is 9.46. The summed E-state index contributed by atoms with van der Waals surface area (Å²) in [6.07, 6.45) is 2.57. The molecule has 0 fully saturated rings. The van der Waals surface area contributed by atoms with Crippen LogP contribution in [0.1, 0.15) is 0 Å². The first-order valence-corrected chi connectivity index (χ1v) is 3.62. The van der Waals surface area contributed by atoms with Gasteiger partial charge in [-0.2, -0.15) is 0 Å². The molecular formula is C8H7BN2O. The van der Waals surface area contributed by atoms with Crippen LogP contribution in [0.3, 0.4) is 0 Å². The SMILES string of the molecule is N#CB(CC=O)c1ccccn1. The Morgan fingerprint density at radius 1 is 1.67 bits per heavy atom. The van der Waals surface area contributed by atoms with Crippen LogP contribution in [0.15, 0.2) is 24.4 Å². The van der Waals surface area contributed by atoms with Crippen LogP contribution < -0.4 is 5.59 Å². The predicted octanol–water partition coefficient (Wildman–Crippen LogP) is 0.0451. The molecule has 0 aliphatic carbocycles. The van der Waals surface area contributed by atoms with Gasteiger partial charge in [0.05, 0.1) is 0 Å². The van der Waals surface area contributed by atoms with Gasteiger partial charge >= 0.3 is 6.71 Å². The Morgan fingerprint density at radius 3 is 3.00 bits per heavy atom. The molecule has 0 N–H and O–H groups in total. The van der Waals surface area contributed by atoms with Crippen LogP contribution in [-0.2, 0) is 4.79 Å². The molecule has 0 saturated carbocycles. The van der Waals surface area contributed by atoms with Gasteiger partial charge in [-0.05, 0) is 12.1 Å². The number of hydrogen-bond acceptors (Lipinski definition) is 3. The summed E-state index contributed by atoms with van der Waals surface area (Å²) in [6.45, 7) is -0.399. The topological polar surface area (TPSA) is 53.8 Å². The number of carbonyl (C=O) groups is 1. The first kappa shape index (κ1) is 8.47. The molecule has 12 heavy (non-hydrogen) atoms. The van der Waals surface area contributed by atoms with Gasteiger partial charge in [-0.3, -0.25) is 4.98 Å². The average molecular weight is 158 g/mol. The van der Waals surface area contributed by atoms with Crippen molar-refractivity contribution in [3.8, 4) is 5.97 Å². The summed E-state index contributed by atoms with van der Waals surface area (Å²) in [6, 6.07) is 5.33. The van der Waals surface area contributed by atoms with Gasteiger partial charge < -0.3 is 4.79 Å². The summed E-state index contributed by atoms with van der Waals surface area (Å²) < 4.78 is 0. The number of nitriles is 1. The van der Waals surface area contributed by atoms with E-state index in [1.54, 1.807) is 24.4 Å². The van der Waals surface area contributed by atoms with E-state index < -0.39 is 6.71 Å². The second-order valence-electron chi connectivity index (χ2n) is 2.34. The molecule has 0 unspecified atom stereocenters. The average Bonchev–Trinajstić information content (AvgIpc) is 2.15. The van der Waals surface area contributed by atoms with Crippen molar-refractivity contribution in [1.82, 2.24) is 4.98 Å². The maximum absolute atomic E-state index is 10.2. The first-order chi connectivity index (χ1) is 5.88. The predicted molar refractivity (Wildman–Crippen MR) is 46.1 cm³/mol. The third-order valence-corrected chi connectivity index (χ3v) is 1.53. The lowest BCUT2D eigenvalue weighted by molar-refractivity contribution is -0.106. The Labute approximate surface area is 71.1 Å². The monoisotopic (exact) mass is 158 g/mol. The highest BCUT2D eigenvalue weighted by Crippen LogP contribution is 1.88. The highest BCUT2D eigenvalue weighted by molar-refractivity contribution is 6.81. The molecule has 0 bridgehead atoms. The molecule has 0 aliphatic heterocycles. The molecule has 58 valence electrons. The van der Waals surface area contributed by atoms with E-state index in [0.29, 0.717) is 5.59 Å². The Balaban J connectivity index is 2.82. The molecule has 1 heterocycles. The smallest absolute Gasteiger partial charge is 0.304 e. The van der Waals surface area contributed by atoms with Crippen LogP contribution in [0, 0.1) is 11.2 Å². The minimum absolute atomic E-state index is 0.216. The maximum Gasteiger partial charge on any atom is 0.328 e. The lowest BCUT2D eigenvalue weighted by Crippen LogP contribution is -2.31. The third kappa shape index (κ3) is 1.93. The summed E-state index contributed by atoms with van der Waals surface area (Å²) in [5.74, 6) is 2.03. The molecule has 1 aromatic heterocycles. The van der Waals surface area contributed by atoms with Crippen molar-refractivity contribution in [2.24, 2.45) is 0 Å². The molecule has 0 spiro atoms. The minimum Gasteiger partial charge on any atom is -0.304 e. The number of aldehydes is 1. The molecule has 0 saturated heterocycles. The van der Waals surface area contributed by atoms with Crippen molar-refractivity contribution >= 4 is 18.6 Å². The van der Waals surface area contributed by atoms with E-state index in [4.69, 9.17) is 5.26 Å². The van der Waals surface area contributed by atoms with Crippen LogP contribution in [0.25, 0.3) is 0 Å². The van der Waals surface area contributed by atoms with E-state index >= 15 is 0 Å². The summed E-state index contributed by atoms with van der Waals surface area (Å²) >= 11 is 0. The molecule has 0 atom stereocenters. The molecule has 0 amide bonds. The van der Waals surface area contributed by atoms with Crippen molar-refractivity contribution in [2.45, 2.75) is 6.32 Å². The van der Waals surface area contributed by atoms with Crippen LogP contribution in [0.5, 0.6) is 0 Å². The fraction of sp³-hybridized carbons (Fsp3) is 0.125. The Morgan fingerprint density at radius 2 is 2.50 bits per heavy atom. The lowest BCUT2D eigenvalue weighted by Gasteiger charge is -1.97. The highest BCUT2D eigenvalue weighted by Gasteiger charge is 2.16. The molecular weight excluding hydrogens is 151 g/mol. The van der Waals surface area contributed by atoms with Crippen LogP contribution in [0.2, 0.25) is 6.32 Å². The second kappa shape index (κ2) is 4.29. The summed E-state index contributed by atoms with van der Waals surface area (Å²) in [5, 5.41) is 8.66. The van der Waals surface area contributed by atoms with Crippen LogP contribution in [0.4, 0.5) is 0 Å².